The highest BCUT2D eigenvalue weighted by molar-refractivity contribution is 6.00. The molecule has 0 aliphatic carbocycles. The van der Waals surface area contributed by atoms with E-state index in [1.165, 1.54) is 4.90 Å². The second-order valence-corrected chi connectivity index (χ2v) is 8.15. The van der Waals surface area contributed by atoms with Crippen LogP contribution in [-0.4, -0.2) is 64.1 Å². The Labute approximate surface area is 196 Å². The molecule has 1 fully saturated rings. The molecule has 1 aliphatic heterocycles. The number of nitrogens with one attached hydrogen (secondary N) is 2. The van der Waals surface area contributed by atoms with Gasteiger partial charge < -0.3 is 19.9 Å². The summed E-state index contributed by atoms with van der Waals surface area (Å²) in [6.07, 6.45) is 1.82. The molecule has 12 heteroatoms. The van der Waals surface area contributed by atoms with Crippen LogP contribution in [-0.2, 0) is 9.59 Å². The maximum atomic E-state index is 13.9. The summed E-state index contributed by atoms with van der Waals surface area (Å²) in [6.45, 7) is -0.482. The molecule has 2 atom stereocenters. The van der Waals surface area contributed by atoms with Gasteiger partial charge in [-0.1, -0.05) is 0 Å². The maximum absolute atomic E-state index is 13.9. The lowest BCUT2D eigenvalue weighted by atomic mass is 9.84. The molecule has 1 aliphatic rings. The first-order chi connectivity index (χ1) is 16.7. The van der Waals surface area contributed by atoms with Crippen molar-refractivity contribution in [3.05, 3.63) is 71.8 Å². The number of piperidine rings is 1. The third-order valence-electron chi connectivity index (χ3n) is 5.86. The van der Waals surface area contributed by atoms with Crippen molar-refractivity contribution in [1.82, 2.24) is 24.9 Å². The van der Waals surface area contributed by atoms with Crippen molar-refractivity contribution in [1.29, 1.82) is 0 Å². The Hall–Kier alpha value is -3.96. The fourth-order valence-corrected chi connectivity index (χ4v) is 4.27. The molecule has 2 aromatic heterocycles. The smallest absolute Gasteiger partial charge is 0.315 e. The molecular weight excluding hydrogens is 470 g/mol. The van der Waals surface area contributed by atoms with Gasteiger partial charge in [0.25, 0.3) is 11.8 Å². The van der Waals surface area contributed by atoms with E-state index in [1.807, 2.05) is 5.32 Å². The number of rotatable bonds is 6. The molecule has 1 aromatic carbocycles. The second-order valence-electron chi connectivity index (χ2n) is 8.15. The van der Waals surface area contributed by atoms with Crippen LogP contribution < -0.4 is 10.6 Å². The fourth-order valence-electron chi connectivity index (χ4n) is 4.27. The highest BCUT2D eigenvalue weighted by Crippen LogP contribution is 2.30. The van der Waals surface area contributed by atoms with E-state index in [9.17, 15) is 31.9 Å². The summed E-state index contributed by atoms with van der Waals surface area (Å²) in [6, 6.07) is 5.55. The average molecular weight is 491 g/mol. The molecule has 0 unspecified atom stereocenters. The van der Waals surface area contributed by atoms with Gasteiger partial charge in [-0.2, -0.15) is 8.78 Å². The lowest BCUT2D eigenvalue weighted by Gasteiger charge is -2.39. The van der Waals surface area contributed by atoms with Crippen molar-refractivity contribution in [2.45, 2.75) is 24.8 Å². The number of carbonyl (C=O) groups excluding carboxylic acids is 3. The summed E-state index contributed by atoms with van der Waals surface area (Å²) < 4.78 is 54.3. The summed E-state index contributed by atoms with van der Waals surface area (Å²) in [5.74, 6) is -4.85. The van der Waals surface area contributed by atoms with Crippen molar-refractivity contribution in [2.24, 2.45) is 0 Å². The predicted molar refractivity (Wildman–Crippen MR) is 116 cm³/mol. The van der Waals surface area contributed by atoms with Gasteiger partial charge in [-0.05, 0) is 36.2 Å². The van der Waals surface area contributed by atoms with Crippen LogP contribution in [0.2, 0.25) is 0 Å². The van der Waals surface area contributed by atoms with Crippen LogP contribution in [0.15, 0.2) is 49.1 Å². The van der Waals surface area contributed by atoms with Gasteiger partial charge in [0.05, 0.1) is 36.2 Å². The highest BCUT2D eigenvalue weighted by atomic mass is 19.3. The number of hydrogen-bond donors (Lipinski definition) is 2. The zero-order valence-electron chi connectivity index (χ0n) is 18.3. The monoisotopic (exact) mass is 491 g/mol. The van der Waals surface area contributed by atoms with Crippen LogP contribution in [0.25, 0.3) is 5.52 Å². The van der Waals surface area contributed by atoms with Crippen molar-refractivity contribution in [3.63, 3.8) is 0 Å². The summed E-state index contributed by atoms with van der Waals surface area (Å²) in [5, 5.41) is 4.42. The van der Waals surface area contributed by atoms with Crippen molar-refractivity contribution in [2.75, 3.05) is 19.6 Å². The van der Waals surface area contributed by atoms with E-state index in [0.717, 1.165) is 18.2 Å². The van der Waals surface area contributed by atoms with Gasteiger partial charge in [0.1, 0.15) is 11.6 Å². The van der Waals surface area contributed by atoms with E-state index in [4.69, 9.17) is 0 Å². The van der Waals surface area contributed by atoms with Crippen molar-refractivity contribution in [3.8, 4) is 0 Å². The number of benzene rings is 1. The lowest BCUT2D eigenvalue weighted by molar-refractivity contribution is -0.134. The molecule has 3 amide bonds. The molecule has 3 aromatic rings. The molecule has 35 heavy (non-hydrogen) atoms. The standard InChI is InChI=1S/C23H21F4N5O3/c24-14-6-13(7-15(25)8-14)16-3-5-31(11-18(16)30-20(33)10-29-22(34)21(26)27)23(35)17-2-1-4-32-12-28-9-19(17)32/h1-2,4,6-9,12,16,18,21H,3,5,10-11H2,(H,29,34)(H,30,33)/t16-,18+/m0/s1. The quantitative estimate of drug-likeness (QED) is 0.517. The molecule has 0 bridgehead atoms. The Morgan fingerprint density at radius 2 is 1.89 bits per heavy atom. The predicted octanol–water partition coefficient (Wildman–Crippen LogP) is 2.11. The van der Waals surface area contributed by atoms with Crippen LogP contribution in [0.5, 0.6) is 0 Å². The molecular formula is C23H21F4N5O3. The minimum Gasteiger partial charge on any atom is -0.349 e. The van der Waals surface area contributed by atoms with Gasteiger partial charge in [-0.25, -0.2) is 13.8 Å². The molecule has 2 N–H and O–H groups in total. The summed E-state index contributed by atoms with van der Waals surface area (Å²) in [7, 11) is 0. The van der Waals surface area contributed by atoms with Crippen LogP contribution >= 0.6 is 0 Å². The number of aromatic nitrogens is 2. The highest BCUT2D eigenvalue weighted by Gasteiger charge is 2.35. The number of nitrogens with zero attached hydrogens (tertiary/aromatic N) is 3. The number of halogens is 4. The molecule has 4 rings (SSSR count). The summed E-state index contributed by atoms with van der Waals surface area (Å²) in [5.41, 5.74) is 1.26. The Balaban J connectivity index is 1.56. The van der Waals surface area contributed by atoms with Crippen LogP contribution in [0, 0.1) is 11.6 Å². The molecule has 0 saturated carbocycles. The zero-order valence-corrected chi connectivity index (χ0v) is 18.3. The summed E-state index contributed by atoms with van der Waals surface area (Å²) >= 11 is 0. The normalized spacial score (nSPS) is 18.0. The molecule has 1 saturated heterocycles. The first-order valence-corrected chi connectivity index (χ1v) is 10.7. The molecule has 0 spiro atoms. The van der Waals surface area contributed by atoms with Crippen LogP contribution in [0.3, 0.4) is 0 Å². The molecule has 0 radical (unpaired) electrons. The second kappa shape index (κ2) is 10.1. The lowest BCUT2D eigenvalue weighted by Crippen LogP contribution is -2.54. The van der Waals surface area contributed by atoms with Crippen molar-refractivity contribution >= 4 is 23.2 Å². The van der Waals surface area contributed by atoms with E-state index in [0.29, 0.717) is 11.1 Å². The van der Waals surface area contributed by atoms with Gasteiger partial charge in [-0.15, -0.1) is 0 Å². The van der Waals surface area contributed by atoms with E-state index < -0.39 is 48.4 Å². The number of amides is 3. The zero-order chi connectivity index (χ0) is 25.1. The third kappa shape index (κ3) is 5.42. The van der Waals surface area contributed by atoms with Crippen LogP contribution in [0.1, 0.15) is 28.3 Å². The van der Waals surface area contributed by atoms with E-state index >= 15 is 0 Å². The van der Waals surface area contributed by atoms with Gasteiger partial charge in [-0.3, -0.25) is 14.4 Å². The van der Waals surface area contributed by atoms with Crippen LogP contribution in [0.4, 0.5) is 17.6 Å². The number of imidazole rings is 1. The number of carbonyl (C=O) groups is 3. The number of pyridine rings is 1. The largest absolute Gasteiger partial charge is 0.349 e. The molecule has 184 valence electrons. The Bertz CT molecular complexity index is 1240. The maximum Gasteiger partial charge on any atom is 0.315 e. The number of likely N-dealkylation sites (tertiary alicyclic amines) is 1. The first kappa shape index (κ1) is 24.2. The van der Waals surface area contributed by atoms with E-state index in [-0.39, 0.29) is 31.0 Å². The fraction of sp³-hybridized carbons (Fsp3) is 0.304. The average Bonchev–Trinajstić information content (AvgIpc) is 3.30. The topological polar surface area (TPSA) is 95.8 Å². The van der Waals surface area contributed by atoms with E-state index in [1.54, 1.807) is 35.3 Å². The Morgan fingerprint density at radius 3 is 2.60 bits per heavy atom. The van der Waals surface area contributed by atoms with Gasteiger partial charge in [0.2, 0.25) is 5.91 Å². The minimum atomic E-state index is -3.28. The van der Waals surface area contributed by atoms with Gasteiger partial charge in [0.15, 0.2) is 0 Å². The SMILES string of the molecule is O=C(CNC(=O)C(F)F)N[C@@H]1CN(C(=O)c2cccn3cncc23)CC[C@H]1c1cc(F)cc(F)c1. The van der Waals surface area contributed by atoms with Gasteiger partial charge in [0, 0.05) is 31.3 Å². The summed E-state index contributed by atoms with van der Waals surface area (Å²) in [4.78, 5) is 42.3. The molecule has 3 heterocycles. The Morgan fingerprint density at radius 1 is 1.14 bits per heavy atom. The Kier molecular flexibility index (Phi) is 6.99. The number of alkyl halides is 2. The van der Waals surface area contributed by atoms with Gasteiger partial charge >= 0.3 is 6.43 Å². The van der Waals surface area contributed by atoms with Crippen molar-refractivity contribution < 1.29 is 31.9 Å². The first-order valence-electron chi connectivity index (χ1n) is 10.7. The number of fused-ring (bicyclic) bond motifs is 1. The van der Waals surface area contributed by atoms with E-state index in [2.05, 4.69) is 10.3 Å². The third-order valence-corrected chi connectivity index (χ3v) is 5.86. The minimum absolute atomic E-state index is 0.00857. The molecule has 8 nitrogen and oxygen atoms in total. The number of hydrogen-bond acceptors (Lipinski definition) is 4.